The van der Waals surface area contributed by atoms with Gasteiger partial charge in [-0.25, -0.2) is 4.39 Å². The van der Waals surface area contributed by atoms with E-state index in [1.54, 1.807) is 6.07 Å². The highest BCUT2D eigenvalue weighted by Crippen LogP contribution is 2.24. The highest BCUT2D eigenvalue weighted by atomic mass is 19.1. The molecule has 3 nitrogen and oxygen atoms in total. The van der Waals surface area contributed by atoms with E-state index in [1.807, 2.05) is 6.92 Å². The lowest BCUT2D eigenvalue weighted by molar-refractivity contribution is 0.636. The Bertz CT molecular complexity index is 433. The van der Waals surface area contributed by atoms with Gasteiger partial charge in [0, 0.05) is 16.8 Å². The Hall–Kier alpha value is -1.58. The van der Waals surface area contributed by atoms with Crippen molar-refractivity contribution in [3.8, 4) is 0 Å². The normalized spacial score (nSPS) is 10.8. The van der Waals surface area contributed by atoms with E-state index in [2.05, 4.69) is 10.2 Å². The van der Waals surface area contributed by atoms with Crippen LogP contribution in [0, 0.1) is 12.7 Å². The number of nitrogens with two attached hydrogens (primary N) is 1. The smallest absolute Gasteiger partial charge is 0.151 e. The molecule has 1 aromatic carbocycles. The van der Waals surface area contributed by atoms with E-state index in [1.165, 1.54) is 6.07 Å². The number of aryl methyl sites for hydroxylation is 1. The molecule has 0 unspecified atom stereocenters. The minimum atomic E-state index is -0.344. The standard InChI is InChI=1S/C8H8FN3/c1-4-7-6(10)3-2-5(9)8(7)12-11-4/h2-3H,10H2,1H3,(H,11,12). The topological polar surface area (TPSA) is 54.7 Å². The summed E-state index contributed by atoms with van der Waals surface area (Å²) in [6.45, 7) is 1.81. The van der Waals surface area contributed by atoms with E-state index < -0.39 is 0 Å². The van der Waals surface area contributed by atoms with Crippen molar-refractivity contribution in [2.24, 2.45) is 0 Å². The van der Waals surface area contributed by atoms with Crippen LogP contribution in [0.4, 0.5) is 10.1 Å². The van der Waals surface area contributed by atoms with Crippen molar-refractivity contribution in [1.29, 1.82) is 0 Å². The maximum absolute atomic E-state index is 13.0. The zero-order valence-corrected chi connectivity index (χ0v) is 6.56. The highest BCUT2D eigenvalue weighted by Gasteiger charge is 2.08. The van der Waals surface area contributed by atoms with Crippen molar-refractivity contribution < 1.29 is 4.39 Å². The van der Waals surface area contributed by atoms with Crippen LogP contribution in [0.25, 0.3) is 10.9 Å². The maximum Gasteiger partial charge on any atom is 0.151 e. The third-order valence-corrected chi connectivity index (χ3v) is 1.87. The van der Waals surface area contributed by atoms with Crippen molar-refractivity contribution in [1.82, 2.24) is 10.2 Å². The molecule has 0 fully saturated rings. The minimum Gasteiger partial charge on any atom is -0.398 e. The maximum atomic E-state index is 13.0. The second-order valence-corrected chi connectivity index (χ2v) is 2.71. The van der Waals surface area contributed by atoms with Crippen LogP contribution in [-0.4, -0.2) is 10.2 Å². The Kier molecular flexibility index (Phi) is 1.30. The van der Waals surface area contributed by atoms with Gasteiger partial charge in [-0.15, -0.1) is 0 Å². The number of hydrogen-bond acceptors (Lipinski definition) is 2. The number of halogens is 1. The summed E-state index contributed by atoms with van der Waals surface area (Å²) < 4.78 is 13.0. The van der Waals surface area contributed by atoms with Gasteiger partial charge in [0.15, 0.2) is 5.82 Å². The molecule has 1 heterocycles. The van der Waals surface area contributed by atoms with Crippen LogP contribution in [0.2, 0.25) is 0 Å². The number of benzene rings is 1. The number of rotatable bonds is 0. The molecule has 0 saturated carbocycles. The molecule has 62 valence electrons. The molecular formula is C8H8FN3. The van der Waals surface area contributed by atoms with Gasteiger partial charge in [0.1, 0.15) is 5.52 Å². The van der Waals surface area contributed by atoms with Crippen LogP contribution >= 0.6 is 0 Å². The van der Waals surface area contributed by atoms with Crippen LogP contribution in [0.5, 0.6) is 0 Å². The molecule has 2 rings (SSSR count). The van der Waals surface area contributed by atoms with E-state index in [0.717, 1.165) is 5.69 Å². The third-order valence-electron chi connectivity index (χ3n) is 1.87. The number of nitrogen functional groups attached to an aromatic ring is 1. The van der Waals surface area contributed by atoms with E-state index in [-0.39, 0.29) is 5.82 Å². The first-order valence-electron chi connectivity index (χ1n) is 3.59. The number of nitrogens with one attached hydrogen (secondary N) is 1. The van der Waals surface area contributed by atoms with E-state index in [4.69, 9.17) is 5.73 Å². The molecule has 4 heteroatoms. The summed E-state index contributed by atoms with van der Waals surface area (Å²) in [5.74, 6) is -0.344. The fourth-order valence-corrected chi connectivity index (χ4v) is 1.28. The molecule has 0 amide bonds. The molecule has 12 heavy (non-hydrogen) atoms. The van der Waals surface area contributed by atoms with Crippen LogP contribution < -0.4 is 5.73 Å². The van der Waals surface area contributed by atoms with Crippen molar-refractivity contribution >= 4 is 16.6 Å². The Labute approximate surface area is 68.4 Å². The number of aromatic amines is 1. The van der Waals surface area contributed by atoms with Gasteiger partial charge in [0.2, 0.25) is 0 Å². The molecule has 0 aliphatic carbocycles. The second-order valence-electron chi connectivity index (χ2n) is 2.71. The second kappa shape index (κ2) is 2.20. The van der Waals surface area contributed by atoms with Crippen molar-refractivity contribution in [3.05, 3.63) is 23.6 Å². The van der Waals surface area contributed by atoms with Crippen LogP contribution in [0.1, 0.15) is 5.69 Å². The summed E-state index contributed by atoms with van der Waals surface area (Å²) in [5.41, 5.74) is 7.30. The molecule has 2 aromatic rings. The summed E-state index contributed by atoms with van der Waals surface area (Å²) in [6.07, 6.45) is 0. The molecule has 0 radical (unpaired) electrons. The first kappa shape index (κ1) is 7.09. The fourth-order valence-electron chi connectivity index (χ4n) is 1.28. The first-order chi connectivity index (χ1) is 5.70. The van der Waals surface area contributed by atoms with Gasteiger partial charge in [0.05, 0.1) is 0 Å². The number of hydrogen-bond donors (Lipinski definition) is 2. The summed E-state index contributed by atoms with van der Waals surface area (Å²) in [4.78, 5) is 0. The Morgan fingerprint density at radius 2 is 2.25 bits per heavy atom. The number of anilines is 1. The summed E-state index contributed by atoms with van der Waals surface area (Å²) >= 11 is 0. The summed E-state index contributed by atoms with van der Waals surface area (Å²) in [6, 6.07) is 2.86. The molecule has 0 aliphatic rings. The largest absolute Gasteiger partial charge is 0.398 e. The van der Waals surface area contributed by atoms with Gasteiger partial charge >= 0.3 is 0 Å². The number of fused-ring (bicyclic) bond motifs is 1. The van der Waals surface area contributed by atoms with Gasteiger partial charge in [-0.05, 0) is 19.1 Å². The summed E-state index contributed by atoms with van der Waals surface area (Å²) in [7, 11) is 0. The Morgan fingerprint density at radius 3 is 2.92 bits per heavy atom. The quantitative estimate of drug-likeness (QED) is 0.582. The van der Waals surface area contributed by atoms with Crippen molar-refractivity contribution in [3.63, 3.8) is 0 Å². The average Bonchev–Trinajstić information content (AvgIpc) is 2.42. The lowest BCUT2D eigenvalue weighted by atomic mass is 10.2. The predicted molar refractivity (Wildman–Crippen MR) is 45.2 cm³/mol. The average molecular weight is 165 g/mol. The van der Waals surface area contributed by atoms with Gasteiger partial charge < -0.3 is 5.73 Å². The molecule has 1 aromatic heterocycles. The van der Waals surface area contributed by atoms with Gasteiger partial charge in [0.25, 0.3) is 0 Å². The number of aromatic nitrogens is 2. The van der Waals surface area contributed by atoms with Crippen LogP contribution in [0.15, 0.2) is 12.1 Å². The van der Waals surface area contributed by atoms with E-state index >= 15 is 0 Å². The van der Waals surface area contributed by atoms with E-state index in [0.29, 0.717) is 16.6 Å². The zero-order chi connectivity index (χ0) is 8.72. The fraction of sp³-hybridized carbons (Fsp3) is 0.125. The van der Waals surface area contributed by atoms with Crippen molar-refractivity contribution in [2.45, 2.75) is 6.92 Å². The Balaban J connectivity index is 2.98. The Morgan fingerprint density at radius 1 is 1.50 bits per heavy atom. The molecular weight excluding hydrogens is 157 g/mol. The predicted octanol–water partition coefficient (Wildman–Crippen LogP) is 1.59. The summed E-state index contributed by atoms with van der Waals surface area (Å²) in [5, 5.41) is 7.16. The molecule has 0 bridgehead atoms. The minimum absolute atomic E-state index is 0.313. The highest BCUT2D eigenvalue weighted by molar-refractivity contribution is 5.92. The van der Waals surface area contributed by atoms with Crippen LogP contribution in [0.3, 0.4) is 0 Å². The van der Waals surface area contributed by atoms with Crippen molar-refractivity contribution in [2.75, 3.05) is 5.73 Å². The van der Waals surface area contributed by atoms with E-state index in [9.17, 15) is 4.39 Å². The van der Waals surface area contributed by atoms with Gasteiger partial charge in [-0.2, -0.15) is 5.10 Å². The monoisotopic (exact) mass is 165 g/mol. The SMILES string of the molecule is Cc1[nH]nc2c(F)ccc(N)c12. The van der Waals surface area contributed by atoms with Gasteiger partial charge in [-0.1, -0.05) is 0 Å². The number of nitrogens with zero attached hydrogens (tertiary/aromatic N) is 1. The van der Waals surface area contributed by atoms with Crippen LogP contribution in [-0.2, 0) is 0 Å². The zero-order valence-electron chi connectivity index (χ0n) is 6.56. The van der Waals surface area contributed by atoms with Gasteiger partial charge in [-0.3, -0.25) is 5.10 Å². The molecule has 0 spiro atoms. The molecule has 0 aliphatic heterocycles. The number of H-pyrrole nitrogens is 1. The molecule has 0 atom stereocenters. The third kappa shape index (κ3) is 0.777. The molecule has 0 saturated heterocycles. The first-order valence-corrected chi connectivity index (χ1v) is 3.59. The molecule has 3 N–H and O–H groups in total. The lowest BCUT2D eigenvalue weighted by Gasteiger charge is -1.96. The lowest BCUT2D eigenvalue weighted by Crippen LogP contribution is -1.88.